The first-order valence-corrected chi connectivity index (χ1v) is 6.21. The summed E-state index contributed by atoms with van der Waals surface area (Å²) in [6, 6.07) is 0. The fraction of sp³-hybridized carbons (Fsp3) is 1.00. The molecule has 2 unspecified atom stereocenters. The van der Waals surface area contributed by atoms with E-state index in [-0.39, 0.29) is 24.8 Å². The Bertz CT molecular complexity index is 277. The quantitative estimate of drug-likeness (QED) is 0.682. The van der Waals surface area contributed by atoms with Crippen molar-refractivity contribution in [1.82, 2.24) is 4.31 Å². The minimum Gasteiger partial charge on any atom is -0.389 e. The predicted octanol–water partition coefficient (Wildman–Crippen LogP) is -0.725. The van der Waals surface area contributed by atoms with E-state index in [1.54, 1.807) is 0 Å². The number of methoxy groups -OCH3 is 1. The summed E-state index contributed by atoms with van der Waals surface area (Å²) < 4.78 is 29.0. The zero-order valence-electron chi connectivity index (χ0n) is 8.51. The molecule has 1 heterocycles. The molecular formula is C8H17NO4S. The molecule has 84 valence electrons. The second kappa shape index (κ2) is 4.57. The summed E-state index contributed by atoms with van der Waals surface area (Å²) >= 11 is 0. The second-order valence-electron chi connectivity index (χ2n) is 3.81. The molecule has 0 aromatic rings. The highest BCUT2D eigenvalue weighted by molar-refractivity contribution is 7.89. The van der Waals surface area contributed by atoms with Crippen LogP contribution in [0.4, 0.5) is 0 Å². The van der Waals surface area contributed by atoms with Crippen molar-refractivity contribution in [3.05, 3.63) is 0 Å². The van der Waals surface area contributed by atoms with Crippen LogP contribution in [-0.4, -0.2) is 56.5 Å². The Morgan fingerprint density at radius 2 is 2.29 bits per heavy atom. The van der Waals surface area contributed by atoms with Gasteiger partial charge in [-0.3, -0.25) is 0 Å². The molecule has 0 bridgehead atoms. The van der Waals surface area contributed by atoms with E-state index in [2.05, 4.69) is 0 Å². The largest absolute Gasteiger partial charge is 0.389 e. The van der Waals surface area contributed by atoms with Gasteiger partial charge in [-0.25, -0.2) is 8.42 Å². The number of hydrogen-bond acceptors (Lipinski definition) is 4. The van der Waals surface area contributed by atoms with Gasteiger partial charge >= 0.3 is 0 Å². The van der Waals surface area contributed by atoms with Gasteiger partial charge in [0.25, 0.3) is 0 Å². The van der Waals surface area contributed by atoms with E-state index in [4.69, 9.17) is 4.74 Å². The number of β-amino-alcohol motifs (C(OH)–C–C–N with tert-alkyl or cyclic N) is 1. The van der Waals surface area contributed by atoms with E-state index in [1.807, 2.05) is 6.92 Å². The van der Waals surface area contributed by atoms with Crippen LogP contribution in [0.1, 0.15) is 6.92 Å². The lowest BCUT2D eigenvalue weighted by atomic mass is 10.2. The van der Waals surface area contributed by atoms with Gasteiger partial charge in [-0.2, -0.15) is 4.31 Å². The van der Waals surface area contributed by atoms with Gasteiger partial charge in [-0.05, 0) is 5.92 Å². The molecule has 5 nitrogen and oxygen atoms in total. The average Bonchev–Trinajstić information content (AvgIpc) is 2.25. The third kappa shape index (κ3) is 2.91. The van der Waals surface area contributed by atoms with E-state index in [0.29, 0.717) is 6.54 Å². The standard InChI is InChI=1S/C8H17NO4S/c1-7-3-9(14(11,12)6-7)4-8(10)5-13-2/h7-8,10H,3-6H2,1-2H3. The molecule has 0 radical (unpaired) electrons. The smallest absolute Gasteiger partial charge is 0.214 e. The number of nitrogens with zero attached hydrogens (tertiary/aromatic N) is 1. The van der Waals surface area contributed by atoms with E-state index in [9.17, 15) is 13.5 Å². The molecular weight excluding hydrogens is 206 g/mol. The molecule has 0 amide bonds. The van der Waals surface area contributed by atoms with Crippen molar-refractivity contribution >= 4 is 10.0 Å². The van der Waals surface area contributed by atoms with Crippen molar-refractivity contribution < 1.29 is 18.3 Å². The van der Waals surface area contributed by atoms with Gasteiger partial charge in [-0.15, -0.1) is 0 Å². The van der Waals surface area contributed by atoms with Gasteiger partial charge in [0.15, 0.2) is 0 Å². The zero-order chi connectivity index (χ0) is 10.8. The van der Waals surface area contributed by atoms with Crippen LogP contribution in [-0.2, 0) is 14.8 Å². The van der Waals surface area contributed by atoms with Crippen LogP contribution in [0.15, 0.2) is 0 Å². The number of sulfonamides is 1. The monoisotopic (exact) mass is 223 g/mol. The van der Waals surface area contributed by atoms with Crippen molar-refractivity contribution in [2.24, 2.45) is 5.92 Å². The van der Waals surface area contributed by atoms with Crippen LogP contribution in [0.5, 0.6) is 0 Å². The van der Waals surface area contributed by atoms with Gasteiger partial charge in [0.05, 0.1) is 18.5 Å². The molecule has 1 saturated heterocycles. The Morgan fingerprint density at radius 1 is 1.64 bits per heavy atom. The van der Waals surface area contributed by atoms with Gasteiger partial charge in [0.2, 0.25) is 10.0 Å². The summed E-state index contributed by atoms with van der Waals surface area (Å²) in [7, 11) is -1.66. The Labute approximate surface area is 84.7 Å². The number of ether oxygens (including phenoxy) is 1. The fourth-order valence-electron chi connectivity index (χ4n) is 1.65. The molecule has 0 aromatic heterocycles. The first kappa shape index (κ1) is 11.9. The van der Waals surface area contributed by atoms with Crippen molar-refractivity contribution in [3.63, 3.8) is 0 Å². The van der Waals surface area contributed by atoms with Gasteiger partial charge in [-0.1, -0.05) is 6.92 Å². The summed E-state index contributed by atoms with van der Waals surface area (Å²) in [5.74, 6) is 0.335. The summed E-state index contributed by atoms with van der Waals surface area (Å²) in [5.41, 5.74) is 0. The van der Waals surface area contributed by atoms with Gasteiger partial charge in [0.1, 0.15) is 0 Å². The molecule has 0 spiro atoms. The van der Waals surface area contributed by atoms with E-state index < -0.39 is 16.1 Å². The molecule has 6 heteroatoms. The van der Waals surface area contributed by atoms with Crippen LogP contribution < -0.4 is 0 Å². The second-order valence-corrected chi connectivity index (χ2v) is 5.82. The highest BCUT2D eigenvalue weighted by atomic mass is 32.2. The number of rotatable bonds is 4. The van der Waals surface area contributed by atoms with Crippen LogP contribution in [0.2, 0.25) is 0 Å². The topological polar surface area (TPSA) is 66.8 Å². The van der Waals surface area contributed by atoms with Crippen LogP contribution in [0.25, 0.3) is 0 Å². The number of aliphatic hydroxyl groups excluding tert-OH is 1. The first-order valence-electron chi connectivity index (χ1n) is 4.60. The maximum absolute atomic E-state index is 11.5. The van der Waals surface area contributed by atoms with Crippen molar-refractivity contribution in [3.8, 4) is 0 Å². The maximum atomic E-state index is 11.5. The van der Waals surface area contributed by atoms with E-state index in [0.717, 1.165) is 0 Å². The molecule has 1 aliphatic rings. The van der Waals surface area contributed by atoms with Crippen molar-refractivity contribution in [1.29, 1.82) is 0 Å². The molecule has 1 aliphatic heterocycles. The Morgan fingerprint density at radius 3 is 2.71 bits per heavy atom. The highest BCUT2D eigenvalue weighted by Crippen LogP contribution is 2.18. The molecule has 2 atom stereocenters. The molecule has 0 aromatic carbocycles. The number of hydrogen-bond donors (Lipinski definition) is 1. The third-order valence-corrected chi connectivity index (χ3v) is 4.25. The van der Waals surface area contributed by atoms with Gasteiger partial charge < -0.3 is 9.84 Å². The minimum atomic E-state index is -3.13. The Kier molecular flexibility index (Phi) is 3.88. The molecule has 1 fully saturated rings. The third-order valence-electron chi connectivity index (χ3n) is 2.18. The number of aliphatic hydroxyl groups is 1. The Hall–Kier alpha value is -0.170. The lowest BCUT2D eigenvalue weighted by molar-refractivity contribution is 0.0528. The summed E-state index contributed by atoms with van der Waals surface area (Å²) in [5, 5.41) is 9.40. The Balaban J connectivity index is 2.53. The molecule has 1 rings (SSSR count). The summed E-state index contributed by atoms with van der Waals surface area (Å²) in [6.07, 6.45) is -0.736. The summed E-state index contributed by atoms with van der Waals surface area (Å²) in [6.45, 7) is 2.70. The minimum absolute atomic E-state index is 0.139. The SMILES string of the molecule is COCC(O)CN1CC(C)CS1(=O)=O. The highest BCUT2D eigenvalue weighted by Gasteiger charge is 2.34. The molecule has 0 saturated carbocycles. The van der Waals surface area contributed by atoms with Crippen molar-refractivity contribution in [2.45, 2.75) is 13.0 Å². The zero-order valence-corrected chi connectivity index (χ0v) is 9.33. The average molecular weight is 223 g/mol. The van der Waals surface area contributed by atoms with Crippen LogP contribution in [0.3, 0.4) is 0 Å². The fourth-order valence-corrected chi connectivity index (χ4v) is 3.56. The van der Waals surface area contributed by atoms with E-state index >= 15 is 0 Å². The van der Waals surface area contributed by atoms with Crippen LogP contribution >= 0.6 is 0 Å². The van der Waals surface area contributed by atoms with Gasteiger partial charge in [0, 0.05) is 20.2 Å². The predicted molar refractivity (Wildman–Crippen MR) is 52.4 cm³/mol. The van der Waals surface area contributed by atoms with Crippen LogP contribution in [0, 0.1) is 5.92 Å². The molecule has 0 aliphatic carbocycles. The normalized spacial score (nSPS) is 29.2. The van der Waals surface area contributed by atoms with E-state index in [1.165, 1.54) is 11.4 Å². The molecule has 14 heavy (non-hydrogen) atoms. The first-order chi connectivity index (χ1) is 6.45. The van der Waals surface area contributed by atoms with Crippen molar-refractivity contribution in [2.75, 3.05) is 32.6 Å². The lowest BCUT2D eigenvalue weighted by Gasteiger charge is -2.18. The molecule has 1 N–H and O–H groups in total. The maximum Gasteiger partial charge on any atom is 0.214 e. The lowest BCUT2D eigenvalue weighted by Crippen LogP contribution is -2.36. The summed E-state index contributed by atoms with van der Waals surface area (Å²) in [4.78, 5) is 0.